The molecule has 3 nitrogen and oxygen atoms in total. The summed E-state index contributed by atoms with van der Waals surface area (Å²) in [6.45, 7) is 8.70. The molecule has 0 fully saturated rings. The summed E-state index contributed by atoms with van der Waals surface area (Å²) in [7, 11) is 2.17. The molecule has 1 aliphatic rings. The fraction of sp³-hybridized carbons (Fsp3) is 0.250. The molecule has 0 saturated heterocycles. The van der Waals surface area contributed by atoms with Crippen LogP contribution in [-0.2, 0) is 0 Å². The van der Waals surface area contributed by atoms with Gasteiger partial charge in [0.1, 0.15) is 17.3 Å². The second-order valence-electron chi connectivity index (χ2n) is 7.79. The average molecular weight is 356 g/mol. The van der Waals surface area contributed by atoms with Gasteiger partial charge >= 0.3 is 0 Å². The Bertz CT molecular complexity index is 1200. The second-order valence-corrected chi connectivity index (χ2v) is 7.79. The maximum absolute atomic E-state index is 6.27. The van der Waals surface area contributed by atoms with Crippen LogP contribution in [0.2, 0.25) is 0 Å². The summed E-state index contributed by atoms with van der Waals surface area (Å²) < 4.78 is 6.27. The lowest BCUT2D eigenvalue weighted by Gasteiger charge is -2.29. The van der Waals surface area contributed by atoms with Crippen molar-refractivity contribution in [1.82, 2.24) is 0 Å². The Balaban J connectivity index is 1.80. The summed E-state index contributed by atoms with van der Waals surface area (Å²) in [4.78, 5) is 4.78. The van der Waals surface area contributed by atoms with Crippen LogP contribution < -0.4 is 9.80 Å². The molecule has 3 aromatic carbocycles. The Morgan fingerprint density at radius 3 is 2.44 bits per heavy atom. The van der Waals surface area contributed by atoms with Crippen LogP contribution in [0, 0.1) is 20.8 Å². The Labute approximate surface area is 159 Å². The van der Waals surface area contributed by atoms with Gasteiger partial charge in [-0.3, -0.25) is 0 Å². The Hall–Kier alpha value is -2.94. The highest BCUT2D eigenvalue weighted by Gasteiger charge is 2.33. The number of para-hydroxylation sites is 1. The second kappa shape index (κ2) is 5.53. The van der Waals surface area contributed by atoms with Crippen molar-refractivity contribution in [1.29, 1.82) is 0 Å². The SMILES string of the molecule is Cc1ccc(C)c(N2c3cc4oc5c(C)cccc5c4cc3N(C)[C@@H]2C)c1. The minimum Gasteiger partial charge on any atom is -0.456 e. The fourth-order valence-electron chi connectivity index (χ4n) is 4.32. The van der Waals surface area contributed by atoms with Gasteiger partial charge in [0.25, 0.3) is 0 Å². The van der Waals surface area contributed by atoms with E-state index in [1.54, 1.807) is 0 Å². The van der Waals surface area contributed by atoms with Crippen LogP contribution in [0.5, 0.6) is 0 Å². The highest BCUT2D eigenvalue weighted by atomic mass is 16.3. The monoisotopic (exact) mass is 356 g/mol. The van der Waals surface area contributed by atoms with Crippen molar-refractivity contribution in [2.75, 3.05) is 16.8 Å². The zero-order chi connectivity index (χ0) is 18.9. The van der Waals surface area contributed by atoms with Crippen molar-refractivity contribution in [2.24, 2.45) is 0 Å². The van der Waals surface area contributed by atoms with E-state index in [9.17, 15) is 0 Å². The lowest BCUT2D eigenvalue weighted by atomic mass is 10.1. The number of anilines is 3. The molecule has 1 aromatic heterocycles. The molecule has 2 heterocycles. The highest BCUT2D eigenvalue weighted by Crippen LogP contribution is 2.47. The summed E-state index contributed by atoms with van der Waals surface area (Å²) in [6.07, 6.45) is 0.250. The van der Waals surface area contributed by atoms with Crippen LogP contribution >= 0.6 is 0 Å². The molecule has 4 aromatic rings. The number of hydrogen-bond donors (Lipinski definition) is 0. The number of fused-ring (bicyclic) bond motifs is 4. The van der Waals surface area contributed by atoms with Crippen molar-refractivity contribution in [2.45, 2.75) is 33.9 Å². The first-order valence-electron chi connectivity index (χ1n) is 9.51. The van der Waals surface area contributed by atoms with E-state index >= 15 is 0 Å². The minimum atomic E-state index is 0.250. The Kier molecular flexibility index (Phi) is 3.33. The molecule has 1 aliphatic heterocycles. The van der Waals surface area contributed by atoms with Crippen molar-refractivity contribution in [3.8, 4) is 0 Å². The first-order chi connectivity index (χ1) is 13.0. The molecule has 1 atom stereocenters. The molecule has 0 bridgehead atoms. The average Bonchev–Trinajstić information content (AvgIpc) is 3.13. The third-order valence-corrected chi connectivity index (χ3v) is 5.99. The third kappa shape index (κ3) is 2.21. The smallest absolute Gasteiger partial charge is 0.138 e. The first kappa shape index (κ1) is 16.2. The first-order valence-corrected chi connectivity index (χ1v) is 9.51. The van der Waals surface area contributed by atoms with Gasteiger partial charge in [-0.05, 0) is 56.5 Å². The van der Waals surface area contributed by atoms with Gasteiger partial charge < -0.3 is 14.2 Å². The van der Waals surface area contributed by atoms with E-state index in [2.05, 4.69) is 93.1 Å². The van der Waals surface area contributed by atoms with Crippen LogP contribution in [-0.4, -0.2) is 13.2 Å². The summed E-state index contributed by atoms with van der Waals surface area (Å²) in [5.41, 5.74) is 9.41. The normalized spacial score (nSPS) is 16.6. The summed E-state index contributed by atoms with van der Waals surface area (Å²) >= 11 is 0. The van der Waals surface area contributed by atoms with Crippen LogP contribution in [0.4, 0.5) is 17.1 Å². The molecule has 0 amide bonds. The van der Waals surface area contributed by atoms with Gasteiger partial charge in [0.15, 0.2) is 0 Å². The summed E-state index contributed by atoms with van der Waals surface area (Å²) in [5, 5.41) is 2.38. The van der Waals surface area contributed by atoms with Gasteiger partial charge in [-0.2, -0.15) is 0 Å². The van der Waals surface area contributed by atoms with Gasteiger partial charge in [-0.25, -0.2) is 0 Å². The van der Waals surface area contributed by atoms with E-state index in [0.717, 1.165) is 11.2 Å². The van der Waals surface area contributed by atoms with E-state index in [0.29, 0.717) is 0 Å². The lowest BCUT2D eigenvalue weighted by molar-refractivity contribution is 0.665. The van der Waals surface area contributed by atoms with Gasteiger partial charge in [0.2, 0.25) is 0 Å². The van der Waals surface area contributed by atoms with Gasteiger partial charge in [0, 0.05) is 29.6 Å². The zero-order valence-corrected chi connectivity index (χ0v) is 16.5. The van der Waals surface area contributed by atoms with Gasteiger partial charge in [-0.15, -0.1) is 0 Å². The van der Waals surface area contributed by atoms with Crippen molar-refractivity contribution in [3.05, 3.63) is 65.2 Å². The maximum atomic E-state index is 6.27. The molecule has 5 rings (SSSR count). The number of rotatable bonds is 1. The fourth-order valence-corrected chi connectivity index (χ4v) is 4.32. The number of furan rings is 1. The number of hydrogen-bond acceptors (Lipinski definition) is 3. The summed E-state index contributed by atoms with van der Waals surface area (Å²) in [6, 6.07) is 17.5. The molecule has 0 aliphatic carbocycles. The molecule has 136 valence electrons. The van der Waals surface area contributed by atoms with Crippen LogP contribution in [0.3, 0.4) is 0 Å². The van der Waals surface area contributed by atoms with E-state index < -0.39 is 0 Å². The number of aryl methyl sites for hydroxylation is 3. The topological polar surface area (TPSA) is 19.6 Å². The van der Waals surface area contributed by atoms with Crippen LogP contribution in [0.15, 0.2) is 52.9 Å². The molecular weight excluding hydrogens is 332 g/mol. The molecule has 0 saturated carbocycles. The van der Waals surface area contributed by atoms with Crippen molar-refractivity contribution >= 4 is 39.0 Å². The number of nitrogens with zero attached hydrogens (tertiary/aromatic N) is 2. The van der Waals surface area contributed by atoms with Crippen LogP contribution in [0.1, 0.15) is 23.6 Å². The minimum absolute atomic E-state index is 0.250. The van der Waals surface area contributed by atoms with E-state index in [1.165, 1.54) is 44.5 Å². The Morgan fingerprint density at radius 1 is 0.815 bits per heavy atom. The molecule has 3 heteroatoms. The highest BCUT2D eigenvalue weighted by molar-refractivity contribution is 6.09. The van der Waals surface area contributed by atoms with Crippen molar-refractivity contribution < 1.29 is 4.42 Å². The summed E-state index contributed by atoms with van der Waals surface area (Å²) in [5.74, 6) is 0. The quantitative estimate of drug-likeness (QED) is 0.391. The van der Waals surface area contributed by atoms with Gasteiger partial charge in [0.05, 0.1) is 11.4 Å². The molecule has 0 spiro atoms. The number of benzene rings is 3. The van der Waals surface area contributed by atoms with Crippen molar-refractivity contribution in [3.63, 3.8) is 0 Å². The molecular formula is C24H24N2O. The molecule has 0 unspecified atom stereocenters. The lowest BCUT2D eigenvalue weighted by Crippen LogP contribution is -2.35. The predicted octanol–water partition coefficient (Wildman–Crippen LogP) is 6.45. The predicted molar refractivity (Wildman–Crippen MR) is 114 cm³/mol. The van der Waals surface area contributed by atoms with E-state index in [4.69, 9.17) is 4.42 Å². The molecule has 0 radical (unpaired) electrons. The largest absolute Gasteiger partial charge is 0.456 e. The Morgan fingerprint density at radius 2 is 1.63 bits per heavy atom. The molecule has 27 heavy (non-hydrogen) atoms. The molecule has 0 N–H and O–H groups in total. The zero-order valence-electron chi connectivity index (χ0n) is 16.5. The van der Waals surface area contributed by atoms with Crippen LogP contribution in [0.25, 0.3) is 21.9 Å². The standard InChI is InChI=1S/C24H24N2O/c1-14-9-10-15(2)20(11-14)26-17(4)25(5)21-12-19-18-8-6-7-16(3)24(18)27-23(19)13-22(21)26/h6-13,17H,1-5H3/t17-/m0/s1. The third-order valence-electron chi connectivity index (χ3n) is 5.99. The van der Waals surface area contributed by atoms with Gasteiger partial charge in [-0.1, -0.05) is 30.3 Å². The van der Waals surface area contributed by atoms with E-state index in [1.807, 2.05) is 0 Å². The maximum Gasteiger partial charge on any atom is 0.138 e. The van der Waals surface area contributed by atoms with E-state index in [-0.39, 0.29) is 6.17 Å².